The van der Waals surface area contributed by atoms with Gasteiger partial charge in [-0.2, -0.15) is 0 Å². The smallest absolute Gasteiger partial charge is 0.240 e. The quantitative estimate of drug-likeness (QED) is 0.734. The van der Waals surface area contributed by atoms with Gasteiger partial charge in [0.05, 0.1) is 29.6 Å². The van der Waals surface area contributed by atoms with Crippen molar-refractivity contribution in [1.29, 1.82) is 0 Å². The number of benzene rings is 2. The molecule has 5 nitrogen and oxygen atoms in total. The number of carbonyl (C=O) groups is 3. The first kappa shape index (κ1) is 17.2. The zero-order valence-electron chi connectivity index (χ0n) is 15.1. The maximum absolute atomic E-state index is 13.4. The molecule has 0 radical (unpaired) electrons. The first-order valence-electron chi connectivity index (χ1n) is 9.17. The van der Waals surface area contributed by atoms with Crippen molar-refractivity contribution in [2.24, 2.45) is 11.8 Å². The summed E-state index contributed by atoms with van der Waals surface area (Å²) in [6.45, 7) is 1.48. The van der Waals surface area contributed by atoms with Crippen LogP contribution < -0.4 is 4.90 Å². The van der Waals surface area contributed by atoms with E-state index in [1.54, 1.807) is 24.3 Å². The predicted molar refractivity (Wildman–Crippen MR) is 105 cm³/mol. The fourth-order valence-corrected chi connectivity index (χ4v) is 5.08. The molecular formula is C22H17ClN2O3. The third-order valence-electron chi connectivity index (χ3n) is 5.94. The zero-order valence-corrected chi connectivity index (χ0v) is 15.8. The minimum Gasteiger partial charge on any atom is -0.359 e. The molecule has 2 aromatic carbocycles. The molecule has 3 aliphatic rings. The van der Waals surface area contributed by atoms with Crippen molar-refractivity contribution >= 4 is 41.0 Å². The Morgan fingerprint density at radius 2 is 1.75 bits per heavy atom. The fraction of sp³-hybridized carbons (Fsp3) is 0.227. The van der Waals surface area contributed by atoms with Crippen molar-refractivity contribution in [3.8, 4) is 0 Å². The van der Waals surface area contributed by atoms with Gasteiger partial charge in [-0.3, -0.25) is 14.4 Å². The molecule has 6 heteroatoms. The summed E-state index contributed by atoms with van der Waals surface area (Å²) >= 11 is 6.08. The Labute approximate surface area is 167 Å². The second-order valence-corrected chi connectivity index (χ2v) is 7.87. The van der Waals surface area contributed by atoms with Gasteiger partial charge in [-0.15, -0.1) is 0 Å². The van der Waals surface area contributed by atoms with Crippen molar-refractivity contribution in [1.82, 2.24) is 4.90 Å². The van der Waals surface area contributed by atoms with Crippen LogP contribution in [0.3, 0.4) is 0 Å². The summed E-state index contributed by atoms with van der Waals surface area (Å²) in [6.07, 6.45) is 3.79. The zero-order chi connectivity index (χ0) is 19.6. The lowest BCUT2D eigenvalue weighted by Crippen LogP contribution is -2.43. The van der Waals surface area contributed by atoms with Crippen molar-refractivity contribution in [2.45, 2.75) is 19.0 Å². The van der Waals surface area contributed by atoms with Crippen molar-refractivity contribution in [3.05, 3.63) is 70.9 Å². The van der Waals surface area contributed by atoms with E-state index >= 15 is 0 Å². The molecule has 140 valence electrons. The molecule has 4 atom stereocenters. The van der Waals surface area contributed by atoms with E-state index < -0.39 is 17.9 Å². The van der Waals surface area contributed by atoms with Crippen LogP contribution in [0.1, 0.15) is 24.1 Å². The Morgan fingerprint density at radius 3 is 2.50 bits per heavy atom. The molecule has 0 saturated carbocycles. The highest BCUT2D eigenvalue weighted by Crippen LogP contribution is 2.53. The van der Waals surface area contributed by atoms with Crippen LogP contribution in [-0.2, 0) is 14.4 Å². The van der Waals surface area contributed by atoms with Gasteiger partial charge in [-0.1, -0.05) is 41.9 Å². The second kappa shape index (κ2) is 6.04. The highest BCUT2D eigenvalue weighted by molar-refractivity contribution is 6.31. The van der Waals surface area contributed by atoms with E-state index in [-0.39, 0.29) is 23.6 Å². The van der Waals surface area contributed by atoms with Crippen molar-refractivity contribution in [2.75, 3.05) is 4.90 Å². The van der Waals surface area contributed by atoms with Crippen LogP contribution in [0.15, 0.2) is 54.7 Å². The number of anilines is 1. The number of halogens is 1. The minimum atomic E-state index is -0.704. The lowest BCUT2D eigenvalue weighted by Gasteiger charge is -2.34. The van der Waals surface area contributed by atoms with Crippen LogP contribution in [0.25, 0.3) is 6.08 Å². The van der Waals surface area contributed by atoms with Crippen LogP contribution >= 0.6 is 11.6 Å². The number of nitrogens with zero attached hydrogens (tertiary/aromatic N) is 2. The minimum absolute atomic E-state index is 0.115. The summed E-state index contributed by atoms with van der Waals surface area (Å²) < 4.78 is 0. The van der Waals surface area contributed by atoms with E-state index in [1.807, 2.05) is 41.4 Å². The Hall–Kier alpha value is -2.92. The number of imide groups is 1. The van der Waals surface area contributed by atoms with Crippen LogP contribution in [-0.4, -0.2) is 28.5 Å². The predicted octanol–water partition coefficient (Wildman–Crippen LogP) is 3.44. The molecule has 0 N–H and O–H groups in total. The molecule has 0 spiro atoms. The number of hydrogen-bond donors (Lipinski definition) is 0. The summed E-state index contributed by atoms with van der Waals surface area (Å²) in [7, 11) is 0. The highest BCUT2D eigenvalue weighted by atomic mass is 35.5. The maximum Gasteiger partial charge on any atom is 0.240 e. The molecule has 0 unspecified atom stereocenters. The Kier molecular flexibility index (Phi) is 3.71. The number of ketones is 1. The van der Waals surface area contributed by atoms with Crippen LogP contribution in [0.5, 0.6) is 0 Å². The topological polar surface area (TPSA) is 57.7 Å². The first-order chi connectivity index (χ1) is 13.5. The lowest BCUT2D eigenvalue weighted by molar-refractivity contribution is -0.129. The summed E-state index contributed by atoms with van der Waals surface area (Å²) in [5, 5.41) is 0.450. The molecule has 2 saturated heterocycles. The molecule has 2 fully saturated rings. The Balaban J connectivity index is 1.66. The molecule has 0 bridgehead atoms. The largest absolute Gasteiger partial charge is 0.359 e. The van der Waals surface area contributed by atoms with Crippen LogP contribution in [0.2, 0.25) is 5.02 Å². The highest BCUT2D eigenvalue weighted by Gasteiger charge is 2.63. The van der Waals surface area contributed by atoms with Crippen molar-refractivity contribution < 1.29 is 14.4 Å². The monoisotopic (exact) mass is 392 g/mol. The van der Waals surface area contributed by atoms with E-state index in [1.165, 1.54) is 11.8 Å². The summed E-state index contributed by atoms with van der Waals surface area (Å²) in [5.41, 5.74) is 2.43. The van der Waals surface area contributed by atoms with Crippen LogP contribution in [0.4, 0.5) is 5.69 Å². The van der Waals surface area contributed by atoms with Gasteiger partial charge in [0.25, 0.3) is 0 Å². The third-order valence-corrected chi connectivity index (χ3v) is 6.18. The van der Waals surface area contributed by atoms with E-state index in [4.69, 9.17) is 11.6 Å². The fourth-order valence-electron chi connectivity index (χ4n) is 4.89. The standard InChI is InChI=1S/C22H17ClN2O3/c1-12(26)19-17-18(20-16-8-3-2-5-13(16)9-10-24(19)20)22(28)25(21(17)27)15-7-4-6-14(23)11-15/h2-11,17-20H,1H3/t17-,18-,19+,20-/m1/s1. The third kappa shape index (κ3) is 2.23. The van der Waals surface area contributed by atoms with Gasteiger partial charge in [-0.25, -0.2) is 4.90 Å². The molecule has 0 aromatic heterocycles. The maximum atomic E-state index is 13.4. The normalized spacial score (nSPS) is 27.6. The molecule has 28 heavy (non-hydrogen) atoms. The number of carbonyl (C=O) groups excluding carboxylic acids is 3. The van der Waals surface area contributed by atoms with Crippen LogP contribution in [0, 0.1) is 11.8 Å². The average molecular weight is 393 g/mol. The molecule has 0 aliphatic carbocycles. The number of Topliss-reactive ketones (excluding diaryl/α,β-unsaturated/α-hetero) is 1. The Morgan fingerprint density at radius 1 is 1.00 bits per heavy atom. The van der Waals surface area contributed by atoms with Gasteiger partial charge in [0, 0.05) is 11.2 Å². The van der Waals surface area contributed by atoms with Gasteiger partial charge >= 0.3 is 0 Å². The molecule has 2 aromatic rings. The van der Waals surface area contributed by atoms with Crippen molar-refractivity contribution in [3.63, 3.8) is 0 Å². The van der Waals surface area contributed by atoms with E-state index in [0.717, 1.165) is 11.1 Å². The van der Waals surface area contributed by atoms with Gasteiger partial charge < -0.3 is 4.90 Å². The number of rotatable bonds is 2. The van der Waals surface area contributed by atoms with E-state index in [2.05, 4.69) is 0 Å². The number of fused-ring (bicyclic) bond motifs is 5. The van der Waals surface area contributed by atoms with E-state index in [9.17, 15) is 14.4 Å². The average Bonchev–Trinajstić information content (AvgIpc) is 3.15. The summed E-state index contributed by atoms with van der Waals surface area (Å²) in [4.78, 5) is 42.4. The number of amides is 2. The lowest BCUT2D eigenvalue weighted by atomic mass is 9.84. The second-order valence-electron chi connectivity index (χ2n) is 7.44. The van der Waals surface area contributed by atoms with Gasteiger partial charge in [0.15, 0.2) is 5.78 Å². The van der Waals surface area contributed by atoms with Gasteiger partial charge in [0.2, 0.25) is 11.8 Å². The number of hydrogen-bond acceptors (Lipinski definition) is 4. The van der Waals surface area contributed by atoms with E-state index in [0.29, 0.717) is 10.7 Å². The molecular weight excluding hydrogens is 376 g/mol. The molecule has 3 heterocycles. The molecule has 3 aliphatic heterocycles. The summed E-state index contributed by atoms with van der Waals surface area (Å²) in [5.74, 6) is -2.04. The summed E-state index contributed by atoms with van der Waals surface area (Å²) in [6, 6.07) is 13.5. The Bertz CT molecular complexity index is 1060. The van der Waals surface area contributed by atoms with Gasteiger partial charge in [-0.05, 0) is 42.3 Å². The molecule has 2 amide bonds. The SMILES string of the molecule is CC(=O)[C@H]1[C@@H]2C(=O)N(c3cccc(Cl)c3)C(=O)[C@H]2[C@H]2c3ccccc3C=CN21. The van der Waals surface area contributed by atoms with Gasteiger partial charge in [0.1, 0.15) is 0 Å². The first-order valence-corrected chi connectivity index (χ1v) is 9.55. The molecule has 5 rings (SSSR count).